The summed E-state index contributed by atoms with van der Waals surface area (Å²) in [4.78, 5) is 23.1. The molecule has 0 fully saturated rings. The zero-order valence-electron chi connectivity index (χ0n) is 12.8. The Labute approximate surface area is 136 Å². The van der Waals surface area contributed by atoms with Crippen molar-refractivity contribution in [3.8, 4) is 0 Å². The van der Waals surface area contributed by atoms with E-state index in [9.17, 15) is 9.59 Å². The van der Waals surface area contributed by atoms with E-state index in [2.05, 4.69) is 0 Å². The Morgan fingerprint density at radius 3 is 1.48 bits per heavy atom. The van der Waals surface area contributed by atoms with Gasteiger partial charge < -0.3 is 9.31 Å². The molecule has 117 valence electrons. The summed E-state index contributed by atoms with van der Waals surface area (Å²) in [7, 11) is 0.820. The maximum Gasteiger partial charge on any atom is 0.662 e. The summed E-state index contributed by atoms with van der Waals surface area (Å²) in [5.41, 5.74) is 2.12. The third-order valence-electron chi connectivity index (χ3n) is 3.28. The zero-order chi connectivity index (χ0) is 16.3. The van der Waals surface area contributed by atoms with Crippen molar-refractivity contribution in [3.63, 3.8) is 0 Å². The van der Waals surface area contributed by atoms with Gasteiger partial charge in [-0.15, -0.1) is 0 Å². The zero-order valence-corrected chi connectivity index (χ0v) is 12.8. The second kappa shape index (κ2) is 9.46. The molecule has 2 aromatic carbocycles. The van der Waals surface area contributed by atoms with E-state index in [1.165, 1.54) is 0 Å². The van der Waals surface area contributed by atoms with Gasteiger partial charge in [-0.25, -0.2) is 0 Å². The van der Waals surface area contributed by atoms with E-state index in [0.29, 0.717) is 12.8 Å². The van der Waals surface area contributed by atoms with Crippen molar-refractivity contribution in [1.29, 1.82) is 0 Å². The second-order valence-electron chi connectivity index (χ2n) is 5.05. The molecule has 0 saturated carbocycles. The Morgan fingerprint density at radius 2 is 1.09 bits per heavy atom. The molecule has 0 heterocycles. The number of aryl methyl sites for hydroxylation is 2. The van der Waals surface area contributed by atoms with E-state index in [0.717, 1.165) is 18.8 Å². The first kappa shape index (κ1) is 16.8. The highest BCUT2D eigenvalue weighted by atomic mass is 16.6. The van der Waals surface area contributed by atoms with Crippen LogP contribution in [0.15, 0.2) is 60.7 Å². The summed E-state index contributed by atoms with van der Waals surface area (Å²) in [5, 5.41) is 0. The lowest BCUT2D eigenvalue weighted by molar-refractivity contribution is -0.139. The van der Waals surface area contributed by atoms with Gasteiger partial charge >= 0.3 is 7.69 Å². The van der Waals surface area contributed by atoms with Gasteiger partial charge in [0.2, 0.25) is 0 Å². The van der Waals surface area contributed by atoms with Gasteiger partial charge in [-0.05, 0) is 24.0 Å². The van der Waals surface area contributed by atoms with Crippen LogP contribution >= 0.6 is 0 Å². The van der Waals surface area contributed by atoms with Crippen molar-refractivity contribution in [1.82, 2.24) is 0 Å². The molecule has 0 unspecified atom stereocenters. The normalized spacial score (nSPS) is 9.91. The highest BCUT2D eigenvalue weighted by Gasteiger charge is 2.11. The van der Waals surface area contributed by atoms with Crippen LogP contribution in [0.5, 0.6) is 0 Å². The van der Waals surface area contributed by atoms with Crippen molar-refractivity contribution in [2.75, 3.05) is 0 Å². The number of benzene rings is 2. The number of hydrogen-bond acceptors (Lipinski definition) is 4. The van der Waals surface area contributed by atoms with Gasteiger partial charge in [0.1, 0.15) is 0 Å². The molecule has 0 saturated heterocycles. The molecule has 0 aromatic heterocycles. The number of carbonyl (C=O) groups is 2. The lowest BCUT2D eigenvalue weighted by Gasteiger charge is -2.05. The first-order valence-electron chi connectivity index (χ1n) is 7.52. The first-order valence-corrected chi connectivity index (χ1v) is 7.52. The van der Waals surface area contributed by atoms with Gasteiger partial charge in [0.15, 0.2) is 0 Å². The van der Waals surface area contributed by atoms with E-state index >= 15 is 0 Å². The third kappa shape index (κ3) is 6.83. The standard InChI is InChI=1S/C18H18BO4/c20-17(13-11-15-7-3-1-4-8-15)22-19-23-18(21)14-12-16-9-5-2-6-10-16/h1-10H,11-14H2. The minimum Gasteiger partial charge on any atom is -0.500 e. The summed E-state index contributed by atoms with van der Waals surface area (Å²) < 4.78 is 9.56. The first-order chi connectivity index (χ1) is 11.2. The molecule has 23 heavy (non-hydrogen) atoms. The molecular weight excluding hydrogens is 291 g/mol. The molecule has 0 spiro atoms. The lowest BCUT2D eigenvalue weighted by atomic mass is 10.1. The molecule has 1 radical (unpaired) electrons. The second-order valence-corrected chi connectivity index (χ2v) is 5.05. The topological polar surface area (TPSA) is 52.6 Å². The lowest BCUT2D eigenvalue weighted by Crippen LogP contribution is -2.16. The molecule has 0 amide bonds. The van der Waals surface area contributed by atoms with Crippen molar-refractivity contribution < 1.29 is 18.9 Å². The minimum absolute atomic E-state index is 0.238. The minimum atomic E-state index is -0.426. The van der Waals surface area contributed by atoms with Crippen LogP contribution in [0.3, 0.4) is 0 Å². The molecule has 0 aliphatic rings. The summed E-state index contributed by atoms with van der Waals surface area (Å²) >= 11 is 0. The van der Waals surface area contributed by atoms with Gasteiger partial charge in [-0.2, -0.15) is 0 Å². The Hall–Kier alpha value is -2.56. The predicted molar refractivity (Wildman–Crippen MR) is 87.5 cm³/mol. The number of carbonyl (C=O) groups excluding carboxylic acids is 2. The maximum atomic E-state index is 11.5. The molecular formula is C18H18BO4. The summed E-state index contributed by atoms with van der Waals surface area (Å²) in [6.07, 6.45) is 1.66. The molecule has 0 aliphatic heterocycles. The summed E-state index contributed by atoms with van der Waals surface area (Å²) in [5.74, 6) is -0.852. The average molecular weight is 309 g/mol. The van der Waals surface area contributed by atoms with Crippen LogP contribution in [-0.2, 0) is 31.7 Å². The van der Waals surface area contributed by atoms with Gasteiger partial charge in [0.05, 0.1) is 0 Å². The van der Waals surface area contributed by atoms with Gasteiger partial charge in [0, 0.05) is 12.8 Å². The van der Waals surface area contributed by atoms with Crippen LogP contribution in [-0.4, -0.2) is 19.6 Å². The van der Waals surface area contributed by atoms with Crippen LogP contribution in [0, 0.1) is 0 Å². The molecule has 5 heteroatoms. The highest BCUT2D eigenvalue weighted by molar-refractivity contribution is 6.25. The third-order valence-corrected chi connectivity index (χ3v) is 3.28. The van der Waals surface area contributed by atoms with Crippen LogP contribution in [0.4, 0.5) is 0 Å². The predicted octanol–water partition coefficient (Wildman–Crippen LogP) is 2.87. The van der Waals surface area contributed by atoms with Crippen LogP contribution in [0.2, 0.25) is 0 Å². The number of hydrogen-bond donors (Lipinski definition) is 0. The Kier molecular flexibility index (Phi) is 6.91. The van der Waals surface area contributed by atoms with Crippen molar-refractivity contribution in [2.45, 2.75) is 25.7 Å². The molecule has 0 N–H and O–H groups in total. The Bertz CT molecular complexity index is 558. The average Bonchev–Trinajstić information content (AvgIpc) is 2.60. The summed E-state index contributed by atoms with van der Waals surface area (Å²) in [6.45, 7) is 0. The van der Waals surface area contributed by atoms with E-state index in [1.807, 2.05) is 60.7 Å². The van der Waals surface area contributed by atoms with Crippen LogP contribution in [0.25, 0.3) is 0 Å². The van der Waals surface area contributed by atoms with Crippen molar-refractivity contribution in [2.24, 2.45) is 0 Å². The smallest absolute Gasteiger partial charge is 0.500 e. The quantitative estimate of drug-likeness (QED) is 0.704. The van der Waals surface area contributed by atoms with Crippen LogP contribution in [0.1, 0.15) is 24.0 Å². The number of rotatable bonds is 8. The largest absolute Gasteiger partial charge is 0.662 e. The molecule has 0 bridgehead atoms. The summed E-state index contributed by atoms with van der Waals surface area (Å²) in [6, 6.07) is 19.3. The Balaban J connectivity index is 1.57. The SMILES string of the molecule is O=C(CCc1ccccc1)O[B]OC(=O)CCc1ccccc1. The molecule has 2 aromatic rings. The Morgan fingerprint density at radius 1 is 0.696 bits per heavy atom. The molecule has 4 nitrogen and oxygen atoms in total. The van der Waals surface area contributed by atoms with E-state index in [-0.39, 0.29) is 12.8 Å². The maximum absolute atomic E-state index is 11.5. The van der Waals surface area contributed by atoms with Crippen molar-refractivity contribution in [3.05, 3.63) is 71.8 Å². The van der Waals surface area contributed by atoms with E-state index in [1.54, 1.807) is 0 Å². The fourth-order valence-corrected chi connectivity index (χ4v) is 2.03. The monoisotopic (exact) mass is 309 g/mol. The van der Waals surface area contributed by atoms with Crippen LogP contribution < -0.4 is 0 Å². The van der Waals surface area contributed by atoms with E-state index < -0.39 is 11.9 Å². The molecule has 0 atom stereocenters. The fourth-order valence-electron chi connectivity index (χ4n) is 2.03. The highest BCUT2D eigenvalue weighted by Crippen LogP contribution is 2.04. The van der Waals surface area contributed by atoms with Gasteiger partial charge in [-0.3, -0.25) is 9.59 Å². The van der Waals surface area contributed by atoms with Crippen molar-refractivity contribution >= 4 is 19.6 Å². The molecule has 2 rings (SSSR count). The van der Waals surface area contributed by atoms with Gasteiger partial charge in [0.25, 0.3) is 11.9 Å². The fraction of sp³-hybridized carbons (Fsp3) is 0.222. The van der Waals surface area contributed by atoms with E-state index in [4.69, 9.17) is 9.31 Å². The molecule has 0 aliphatic carbocycles. The van der Waals surface area contributed by atoms with Gasteiger partial charge in [-0.1, -0.05) is 60.7 Å².